The molecule has 13 aliphatic rings. The van der Waals surface area contributed by atoms with Crippen molar-refractivity contribution in [3.05, 3.63) is 124 Å². The van der Waals surface area contributed by atoms with E-state index < -0.39 is 171 Å². The molecule has 7 bridgehead atoms. The first-order valence-corrected chi connectivity index (χ1v) is 39.8. The van der Waals surface area contributed by atoms with E-state index in [4.69, 9.17) is 15.5 Å². The standard InChI is InChI=1S/C81H99N5O13S2/c1-5-62-64(63(74(95)99-62)49-23-26-83-35-49)53-12-8-11-47-32-81(98)68-66(76(3)34-61(90)70(91)55-40-101-100-39-51(43-17-20-52(88)21-18-43)30-60(89)59(38-87)86-69(68)71(92)67(55)76)50-29-45-16-15-42-9-6-7-10-48(42)36-84-75(82)85-37-58(45)80(81,31-50)72(47)77(4,96)78(97)24-25-79-56(53)22-19-46(65(79)54(33-78)73(93)94)28-44-14-13-41(2)27-57(44)79/h6-7,9-10,17-23,26,28,35,41,45-47,50-51,53-59,61-67,70,72-73,83,86-88,90-91,93-94,96-98H,5,11,13-14,24-25,27,29-34,36-40H2,1-4H3,(H3,82,84,85)/t41-,45+,46-,47+,50-,51+,53+,54+,55+,56-,57-,58-,59+,61-,62-,63-,64-,65-,66-,67-,70+,72+,76+,77+,78+,79+,80-,81+/m0/s1. The van der Waals surface area contributed by atoms with E-state index in [2.05, 4.69) is 64.5 Å². The number of H-pyrrole nitrogens is 1. The Morgan fingerprint density at radius 1 is 0.901 bits per heavy atom. The zero-order valence-corrected chi connectivity index (χ0v) is 59.7. The lowest BCUT2D eigenvalue weighted by Crippen LogP contribution is -2.74. The molecule has 2 aromatic carbocycles. The topological polar surface area (TPSA) is 321 Å². The van der Waals surface area contributed by atoms with E-state index in [1.54, 1.807) is 31.2 Å². The van der Waals surface area contributed by atoms with Gasteiger partial charge in [-0.3, -0.25) is 14.4 Å². The number of fused-ring (bicyclic) bond motifs is 12. The molecule has 10 aliphatic carbocycles. The third-order valence-electron chi connectivity index (χ3n) is 29.0. The first-order chi connectivity index (χ1) is 48.4. The number of rotatable bonds is 6. The molecule has 4 heterocycles. The number of aliphatic imine (C=N–C) groups is 1. The number of nitrogens with one attached hydrogen (secondary N) is 3. The summed E-state index contributed by atoms with van der Waals surface area (Å²) in [4.78, 5) is 55.3. The number of aliphatic hydroxyl groups is 8. The number of ketones is 2. The first-order valence-electron chi connectivity index (χ1n) is 37.4. The lowest BCUT2D eigenvalue weighted by atomic mass is 9.35. The maximum absolute atomic E-state index is 17.0. The summed E-state index contributed by atoms with van der Waals surface area (Å²) in [5.74, 6) is 4.31. The van der Waals surface area contributed by atoms with Gasteiger partial charge < -0.3 is 72.0 Å². The van der Waals surface area contributed by atoms with Crippen LogP contribution >= 0.6 is 21.6 Å². The second-order valence-corrected chi connectivity index (χ2v) is 36.2. The van der Waals surface area contributed by atoms with Crippen LogP contribution in [0.4, 0.5) is 0 Å². The quantitative estimate of drug-likeness (QED) is 0.0373. The van der Waals surface area contributed by atoms with Crippen molar-refractivity contribution in [3.63, 3.8) is 0 Å². The van der Waals surface area contributed by atoms with Gasteiger partial charge in [-0.2, -0.15) is 0 Å². The van der Waals surface area contributed by atoms with Gasteiger partial charge in [-0.25, -0.2) is 4.99 Å². The SMILES string of the molecule is CC[C@@H]1OC(=O)[C@@H](c2cc[nH]c2)[C@H]1[C@@H]1C#CC[C@@H]2C[C@@]3(O)C4=C5N[C@H](CO)C(=O)C[C@@H](c6ccc(O)cc6)CSSC[C@H]6[C@@H](O)[C@@H](O)C[C@](C)([C@H]4[C@H]4C[C@H]7C#Cc8ccccc8CN=C(N)NC[C@@H]7[C@@]3(C4)[C@H]2[C@@](C)(O)[C@@]2(O)CC[C@@]34[C@@H]([C@@H](C=C[C@@H]13)C=C1CC[C@H](C)C[C@@H]14)[C@H](C(O)O)C2)[C@@H]6C5=O. The Morgan fingerprint density at radius 2 is 1.69 bits per heavy atom. The molecule has 3 aromatic rings. The van der Waals surface area contributed by atoms with Gasteiger partial charge in [0.1, 0.15) is 17.9 Å². The van der Waals surface area contributed by atoms with Crippen LogP contribution in [-0.4, -0.2) is 147 Å². The Labute approximate surface area is 599 Å². The van der Waals surface area contributed by atoms with E-state index in [1.165, 1.54) is 27.2 Å². The number of cyclic esters (lactones) is 1. The predicted octanol–water partition coefficient (Wildman–Crippen LogP) is 7.54. The summed E-state index contributed by atoms with van der Waals surface area (Å²) in [5, 5.41) is 126. The van der Waals surface area contributed by atoms with Gasteiger partial charge in [-0.05, 0) is 188 Å². The van der Waals surface area contributed by atoms with Crippen LogP contribution in [0.25, 0.3) is 0 Å². The number of hydrogen-bond acceptors (Lipinski definition) is 19. The van der Waals surface area contributed by atoms with Crippen molar-refractivity contribution >= 4 is 45.1 Å². The number of phenolic OH excluding ortho intramolecular Hbond substituents is 1. The minimum absolute atomic E-state index is 0.0109. The minimum atomic E-state index is -2.23. The highest BCUT2D eigenvalue weighted by molar-refractivity contribution is 8.76. The molecule has 2 saturated heterocycles. The number of esters is 1. The van der Waals surface area contributed by atoms with E-state index in [0.717, 1.165) is 41.5 Å². The molecule has 18 nitrogen and oxygen atoms in total. The molecule has 14 N–H and O–H groups in total. The summed E-state index contributed by atoms with van der Waals surface area (Å²) in [6, 6.07) is 15.0. The normalized spacial score (nSPS) is 45.9. The van der Waals surface area contributed by atoms with Crippen LogP contribution in [0.1, 0.15) is 145 Å². The number of phenols is 1. The number of aromatic amines is 1. The number of aliphatic hydroxyl groups excluding tert-OH is 4. The molecule has 20 heteroatoms. The van der Waals surface area contributed by atoms with Crippen LogP contribution in [0, 0.1) is 135 Å². The van der Waals surface area contributed by atoms with Gasteiger partial charge >= 0.3 is 5.97 Å². The molecular formula is C81H99N5O13S2. The Hall–Kier alpha value is -5.88. The van der Waals surface area contributed by atoms with Crippen LogP contribution in [0.15, 0.2) is 107 Å². The smallest absolute Gasteiger partial charge is 0.314 e. The number of aromatic nitrogens is 1. The van der Waals surface area contributed by atoms with Crippen molar-refractivity contribution in [2.24, 2.45) is 122 Å². The summed E-state index contributed by atoms with van der Waals surface area (Å²) in [7, 11) is 2.96. The number of hydrogen-bond donors (Lipinski definition) is 13. The van der Waals surface area contributed by atoms with Crippen LogP contribution in [0.2, 0.25) is 0 Å². The Bertz CT molecular complexity index is 4040. The molecular weight excluding hydrogens is 1320 g/mol. The Balaban J connectivity index is 0.964. The summed E-state index contributed by atoms with van der Waals surface area (Å²) in [6.45, 7) is 7.57. The van der Waals surface area contributed by atoms with Crippen LogP contribution in [0.3, 0.4) is 0 Å². The highest BCUT2D eigenvalue weighted by Crippen LogP contribution is 2.79. The van der Waals surface area contributed by atoms with Crippen molar-refractivity contribution in [1.82, 2.24) is 15.6 Å². The average molecular weight is 1410 g/mol. The van der Waals surface area contributed by atoms with Gasteiger partial charge in [0.2, 0.25) is 0 Å². The zero-order chi connectivity index (χ0) is 70.6. The molecule has 0 amide bonds. The van der Waals surface area contributed by atoms with E-state index in [0.29, 0.717) is 36.5 Å². The van der Waals surface area contributed by atoms with Gasteiger partial charge in [0.05, 0.1) is 53.8 Å². The molecule has 28 atom stereocenters. The number of ether oxygens (including phenoxy) is 1. The number of allylic oxidation sites excluding steroid dienone is 5. The lowest BCUT2D eigenvalue weighted by molar-refractivity contribution is -0.260. The van der Waals surface area contributed by atoms with Gasteiger partial charge in [-0.1, -0.05) is 114 Å². The maximum Gasteiger partial charge on any atom is 0.314 e. The fourth-order valence-electron chi connectivity index (χ4n) is 25.1. The predicted molar refractivity (Wildman–Crippen MR) is 383 cm³/mol. The Morgan fingerprint density at radius 3 is 2.46 bits per heavy atom. The summed E-state index contributed by atoms with van der Waals surface area (Å²) in [5.41, 5.74) is 1.56. The fourth-order valence-corrected chi connectivity index (χ4v) is 27.9. The van der Waals surface area contributed by atoms with Crippen LogP contribution in [-0.2, 0) is 25.7 Å². The van der Waals surface area contributed by atoms with Crippen molar-refractivity contribution in [1.29, 1.82) is 0 Å². The number of nitrogens with two attached hydrogens (primary N) is 1. The number of Topliss-reactive ketones (excluding diaryl/α,β-unsaturated/α-hetero) is 2. The molecule has 2 spiro atoms. The molecule has 538 valence electrons. The van der Waals surface area contributed by atoms with E-state index in [-0.39, 0.29) is 99.0 Å². The number of nitrogens with zero attached hydrogens (tertiary/aromatic N) is 1. The highest BCUT2D eigenvalue weighted by Gasteiger charge is 2.81. The van der Waals surface area contributed by atoms with Crippen molar-refractivity contribution in [2.75, 3.05) is 24.7 Å². The monoisotopic (exact) mass is 1410 g/mol. The van der Waals surface area contributed by atoms with E-state index in [1.807, 2.05) is 56.6 Å². The largest absolute Gasteiger partial charge is 0.508 e. The van der Waals surface area contributed by atoms with Gasteiger partial charge in [0.15, 0.2) is 23.8 Å². The van der Waals surface area contributed by atoms with E-state index in [9.17, 15) is 35.4 Å². The number of aromatic hydroxyl groups is 1. The third-order valence-corrected chi connectivity index (χ3v) is 31.6. The average Bonchev–Trinajstić information content (AvgIpc) is 1.57. The number of carbonyl (C=O) groups excluding carboxylic acids is 3. The molecule has 3 aliphatic heterocycles. The fraction of sp³-hybridized carbons (Fsp3) is 0.630. The van der Waals surface area contributed by atoms with Gasteiger partial charge in [0.25, 0.3) is 0 Å². The second-order valence-electron chi connectivity index (χ2n) is 33.6. The maximum atomic E-state index is 17.0. The summed E-state index contributed by atoms with van der Waals surface area (Å²) < 4.78 is 6.52. The highest BCUT2D eigenvalue weighted by atomic mass is 33.1. The molecule has 16 rings (SSSR count). The minimum Gasteiger partial charge on any atom is -0.508 e. The van der Waals surface area contributed by atoms with Gasteiger partial charge in [0, 0.05) is 102 Å². The molecule has 6 saturated carbocycles. The molecule has 8 fully saturated rings. The van der Waals surface area contributed by atoms with Gasteiger partial charge in [-0.15, -0.1) is 5.92 Å². The lowest BCUT2D eigenvalue weighted by Gasteiger charge is -2.70. The number of benzene rings is 2. The van der Waals surface area contributed by atoms with Crippen molar-refractivity contribution in [2.45, 2.75) is 177 Å². The Kier molecular flexibility index (Phi) is 17.7. The molecule has 1 aromatic heterocycles. The first kappa shape index (κ1) is 69.5. The number of carbonyl (C=O) groups is 3. The molecule has 0 unspecified atom stereocenters. The van der Waals surface area contributed by atoms with Crippen LogP contribution < -0.4 is 16.4 Å². The molecule has 0 radical (unpaired) electrons. The summed E-state index contributed by atoms with van der Waals surface area (Å²) >= 11 is 0. The summed E-state index contributed by atoms with van der Waals surface area (Å²) in [6.07, 6.45) is 9.04. The van der Waals surface area contributed by atoms with Crippen LogP contribution in [0.5, 0.6) is 5.75 Å². The van der Waals surface area contributed by atoms with Crippen molar-refractivity contribution < 1.29 is 65.1 Å². The third kappa shape index (κ3) is 10.6. The number of guanidine groups is 1. The molecule has 101 heavy (non-hydrogen) atoms. The van der Waals surface area contributed by atoms with Crippen molar-refractivity contribution in [3.8, 4) is 29.4 Å². The zero-order valence-electron chi connectivity index (χ0n) is 58.1. The second kappa shape index (κ2) is 25.7. The van der Waals surface area contributed by atoms with E-state index >= 15 is 24.9 Å².